The van der Waals surface area contributed by atoms with Crippen LogP contribution in [-0.4, -0.2) is 32.5 Å². The Morgan fingerprint density at radius 2 is 1.93 bits per heavy atom. The second-order valence-electron chi connectivity index (χ2n) is 6.22. The average Bonchev–Trinajstić information content (AvgIpc) is 3.14. The Kier molecular flexibility index (Phi) is 6.59. The number of aromatic nitrogens is 3. The standard InChI is InChI=1S/C20H21FN4OS/c1-15(11-12-16-7-3-2-4-8-16)23-19(26)13-27-20-24-22-14-25(20)18-10-6-5-9-17(18)21/h2-10,14-15H,11-13H2,1H3,(H,23,26). The number of aryl methyl sites for hydroxylation is 1. The van der Waals surface area contributed by atoms with Crippen molar-refractivity contribution >= 4 is 17.7 Å². The summed E-state index contributed by atoms with van der Waals surface area (Å²) in [5, 5.41) is 11.3. The van der Waals surface area contributed by atoms with Crippen molar-refractivity contribution in [2.24, 2.45) is 0 Å². The van der Waals surface area contributed by atoms with E-state index in [2.05, 4.69) is 27.6 Å². The third-order valence-electron chi connectivity index (χ3n) is 4.08. The van der Waals surface area contributed by atoms with Crippen LogP contribution in [0.5, 0.6) is 0 Å². The van der Waals surface area contributed by atoms with Gasteiger partial charge in [-0.1, -0.05) is 54.2 Å². The zero-order valence-electron chi connectivity index (χ0n) is 15.0. The first-order chi connectivity index (χ1) is 13.1. The average molecular weight is 384 g/mol. The van der Waals surface area contributed by atoms with Crippen LogP contribution in [0, 0.1) is 5.82 Å². The number of hydrogen-bond acceptors (Lipinski definition) is 4. The van der Waals surface area contributed by atoms with Gasteiger partial charge in [0.25, 0.3) is 0 Å². The van der Waals surface area contributed by atoms with Crippen molar-refractivity contribution in [3.05, 3.63) is 72.3 Å². The van der Waals surface area contributed by atoms with E-state index in [-0.39, 0.29) is 23.5 Å². The molecule has 5 nitrogen and oxygen atoms in total. The van der Waals surface area contributed by atoms with E-state index >= 15 is 0 Å². The number of carbonyl (C=O) groups is 1. The molecule has 0 bridgehead atoms. The summed E-state index contributed by atoms with van der Waals surface area (Å²) in [6.45, 7) is 1.99. The molecule has 0 fully saturated rings. The highest BCUT2D eigenvalue weighted by Crippen LogP contribution is 2.21. The lowest BCUT2D eigenvalue weighted by Gasteiger charge is -2.14. The van der Waals surface area contributed by atoms with Crippen LogP contribution in [0.3, 0.4) is 0 Å². The first-order valence-corrected chi connectivity index (χ1v) is 9.73. The second kappa shape index (κ2) is 9.32. The maximum atomic E-state index is 14.0. The monoisotopic (exact) mass is 384 g/mol. The Labute approximate surface area is 162 Å². The number of para-hydroxylation sites is 1. The minimum Gasteiger partial charge on any atom is -0.353 e. The molecule has 1 N–H and O–H groups in total. The van der Waals surface area contributed by atoms with Crippen LogP contribution in [0.15, 0.2) is 66.1 Å². The van der Waals surface area contributed by atoms with Crippen molar-refractivity contribution in [2.45, 2.75) is 31.0 Å². The molecule has 1 heterocycles. The summed E-state index contributed by atoms with van der Waals surface area (Å²) in [5.41, 5.74) is 1.62. The van der Waals surface area contributed by atoms with Crippen LogP contribution >= 0.6 is 11.8 Å². The molecule has 0 aliphatic heterocycles. The number of halogens is 1. The number of benzene rings is 2. The van der Waals surface area contributed by atoms with E-state index in [1.165, 1.54) is 29.7 Å². The molecule has 0 radical (unpaired) electrons. The smallest absolute Gasteiger partial charge is 0.230 e. The third kappa shape index (κ3) is 5.40. The van der Waals surface area contributed by atoms with Crippen molar-refractivity contribution in [1.82, 2.24) is 20.1 Å². The fraction of sp³-hybridized carbons (Fsp3) is 0.250. The molecule has 1 atom stereocenters. The molecule has 0 spiro atoms. The van der Waals surface area contributed by atoms with Crippen LogP contribution in [0.25, 0.3) is 5.69 Å². The summed E-state index contributed by atoms with van der Waals surface area (Å²) in [6, 6.07) is 16.7. The molecule has 7 heteroatoms. The quantitative estimate of drug-likeness (QED) is 0.603. The Morgan fingerprint density at radius 1 is 1.19 bits per heavy atom. The third-order valence-corrected chi connectivity index (χ3v) is 5.02. The minimum absolute atomic E-state index is 0.0720. The van der Waals surface area contributed by atoms with Gasteiger partial charge in [0.05, 0.1) is 11.4 Å². The maximum Gasteiger partial charge on any atom is 0.230 e. The normalized spacial score (nSPS) is 11.9. The highest BCUT2D eigenvalue weighted by atomic mass is 32.2. The molecule has 0 aliphatic rings. The molecular formula is C20H21FN4OS. The minimum atomic E-state index is -0.363. The Balaban J connectivity index is 1.50. The maximum absolute atomic E-state index is 14.0. The molecular weight excluding hydrogens is 363 g/mol. The molecule has 3 rings (SSSR count). The molecule has 3 aromatic rings. The van der Waals surface area contributed by atoms with Crippen LogP contribution in [0.4, 0.5) is 4.39 Å². The Bertz CT molecular complexity index is 884. The van der Waals surface area contributed by atoms with Gasteiger partial charge in [0.1, 0.15) is 12.1 Å². The zero-order chi connectivity index (χ0) is 19.1. The highest BCUT2D eigenvalue weighted by Gasteiger charge is 2.14. The van der Waals surface area contributed by atoms with Crippen molar-refractivity contribution in [3.8, 4) is 5.69 Å². The van der Waals surface area contributed by atoms with Gasteiger partial charge >= 0.3 is 0 Å². The Hall–Kier alpha value is -2.67. The van der Waals surface area contributed by atoms with E-state index in [4.69, 9.17) is 0 Å². The molecule has 0 saturated heterocycles. The number of thioether (sulfide) groups is 1. The lowest BCUT2D eigenvalue weighted by atomic mass is 10.1. The predicted molar refractivity (Wildman–Crippen MR) is 104 cm³/mol. The lowest BCUT2D eigenvalue weighted by molar-refractivity contribution is -0.119. The summed E-state index contributed by atoms with van der Waals surface area (Å²) in [5.74, 6) is -0.246. The van der Waals surface area contributed by atoms with E-state index < -0.39 is 0 Å². The van der Waals surface area contributed by atoms with E-state index in [0.29, 0.717) is 10.8 Å². The number of nitrogens with one attached hydrogen (secondary N) is 1. The van der Waals surface area contributed by atoms with Gasteiger partial charge in [-0.05, 0) is 37.5 Å². The van der Waals surface area contributed by atoms with Crippen LogP contribution in [0.2, 0.25) is 0 Å². The summed E-state index contributed by atoms with van der Waals surface area (Å²) in [4.78, 5) is 12.2. The van der Waals surface area contributed by atoms with Crippen LogP contribution in [0.1, 0.15) is 18.9 Å². The summed E-state index contributed by atoms with van der Waals surface area (Å²) < 4.78 is 15.5. The number of carbonyl (C=O) groups excluding carboxylic acids is 1. The van der Waals surface area contributed by atoms with Crippen molar-refractivity contribution < 1.29 is 9.18 Å². The SMILES string of the molecule is CC(CCc1ccccc1)NC(=O)CSc1nncn1-c1ccccc1F. The van der Waals surface area contributed by atoms with Gasteiger partial charge in [0, 0.05) is 6.04 Å². The van der Waals surface area contributed by atoms with Gasteiger partial charge in [-0.15, -0.1) is 10.2 Å². The largest absolute Gasteiger partial charge is 0.353 e. The molecule has 0 aliphatic carbocycles. The fourth-order valence-corrected chi connectivity index (χ4v) is 3.41. The van der Waals surface area contributed by atoms with E-state index in [0.717, 1.165) is 12.8 Å². The number of amides is 1. The van der Waals surface area contributed by atoms with Gasteiger partial charge in [0.2, 0.25) is 5.91 Å². The predicted octanol–water partition coefficient (Wildman–Crippen LogP) is 3.64. The molecule has 0 saturated carbocycles. The molecule has 2 aromatic carbocycles. The fourth-order valence-electron chi connectivity index (χ4n) is 2.68. The van der Waals surface area contributed by atoms with E-state index in [9.17, 15) is 9.18 Å². The van der Waals surface area contributed by atoms with E-state index in [1.54, 1.807) is 22.8 Å². The first kappa shape index (κ1) is 19.1. The Morgan fingerprint density at radius 3 is 2.70 bits per heavy atom. The van der Waals surface area contributed by atoms with Gasteiger partial charge in [-0.3, -0.25) is 9.36 Å². The van der Waals surface area contributed by atoms with Gasteiger partial charge in [-0.25, -0.2) is 4.39 Å². The highest BCUT2D eigenvalue weighted by molar-refractivity contribution is 7.99. The molecule has 27 heavy (non-hydrogen) atoms. The van der Waals surface area contributed by atoms with E-state index in [1.807, 2.05) is 25.1 Å². The zero-order valence-corrected chi connectivity index (χ0v) is 15.8. The lowest BCUT2D eigenvalue weighted by Crippen LogP contribution is -2.34. The van der Waals surface area contributed by atoms with Crippen molar-refractivity contribution in [1.29, 1.82) is 0 Å². The second-order valence-corrected chi connectivity index (χ2v) is 7.16. The van der Waals surface area contributed by atoms with Gasteiger partial charge < -0.3 is 5.32 Å². The van der Waals surface area contributed by atoms with Gasteiger partial charge in [-0.2, -0.15) is 0 Å². The molecule has 1 aromatic heterocycles. The number of rotatable bonds is 8. The van der Waals surface area contributed by atoms with Crippen LogP contribution in [-0.2, 0) is 11.2 Å². The first-order valence-electron chi connectivity index (χ1n) is 8.74. The molecule has 1 unspecified atom stereocenters. The summed E-state index contributed by atoms with van der Waals surface area (Å²) in [7, 11) is 0. The number of hydrogen-bond donors (Lipinski definition) is 1. The summed E-state index contributed by atoms with van der Waals surface area (Å²) >= 11 is 1.23. The molecule has 140 valence electrons. The molecule has 1 amide bonds. The number of nitrogens with zero attached hydrogens (tertiary/aromatic N) is 3. The summed E-state index contributed by atoms with van der Waals surface area (Å²) in [6.07, 6.45) is 3.23. The van der Waals surface area contributed by atoms with Crippen LogP contribution < -0.4 is 5.32 Å². The topological polar surface area (TPSA) is 59.8 Å². The van der Waals surface area contributed by atoms with Crippen molar-refractivity contribution in [3.63, 3.8) is 0 Å². The van der Waals surface area contributed by atoms with Gasteiger partial charge in [0.15, 0.2) is 5.16 Å². The van der Waals surface area contributed by atoms with Crippen molar-refractivity contribution in [2.75, 3.05) is 5.75 Å².